The molecule has 1 atom stereocenters. The number of guanidine groups is 1. The lowest BCUT2D eigenvalue weighted by Gasteiger charge is -2.40. The molecule has 0 bridgehead atoms. The fraction of sp³-hybridized carbons (Fsp3) is 0.864. The number of ether oxygens (including phenoxy) is 1. The monoisotopic (exact) mass is 419 g/mol. The largest absolute Gasteiger partial charge is 0.382 e. The molecule has 1 saturated carbocycles. The second kappa shape index (κ2) is 12.2. The minimum atomic E-state index is 0.444. The van der Waals surface area contributed by atoms with Crippen LogP contribution in [0.25, 0.3) is 0 Å². The molecule has 2 N–H and O–H groups in total. The van der Waals surface area contributed by atoms with Crippen molar-refractivity contribution in [2.24, 2.45) is 12.0 Å². The molecule has 3 rings (SSSR count). The summed E-state index contributed by atoms with van der Waals surface area (Å²) in [7, 11) is 1.99. The van der Waals surface area contributed by atoms with Gasteiger partial charge in [0, 0.05) is 45.4 Å². The molecule has 0 spiro atoms. The van der Waals surface area contributed by atoms with E-state index in [0.717, 1.165) is 56.4 Å². The van der Waals surface area contributed by atoms with Crippen molar-refractivity contribution in [2.45, 2.75) is 83.8 Å². The van der Waals surface area contributed by atoms with Crippen molar-refractivity contribution in [3.8, 4) is 0 Å². The van der Waals surface area contributed by atoms with Crippen LogP contribution in [0.4, 0.5) is 0 Å². The number of nitrogens with one attached hydrogen (secondary N) is 2. The quantitative estimate of drug-likeness (QED) is 0.363. The maximum absolute atomic E-state index is 5.47. The summed E-state index contributed by atoms with van der Waals surface area (Å²) >= 11 is 0. The van der Waals surface area contributed by atoms with Crippen LogP contribution in [0.1, 0.15) is 69.9 Å². The van der Waals surface area contributed by atoms with E-state index < -0.39 is 0 Å². The molecular weight excluding hydrogens is 378 g/mol. The van der Waals surface area contributed by atoms with Gasteiger partial charge in [-0.2, -0.15) is 0 Å². The van der Waals surface area contributed by atoms with E-state index in [0.29, 0.717) is 12.6 Å². The smallest absolute Gasteiger partial charge is 0.191 e. The summed E-state index contributed by atoms with van der Waals surface area (Å²) in [5, 5.41) is 15.6. The summed E-state index contributed by atoms with van der Waals surface area (Å²) in [6, 6.07) is 1.23. The summed E-state index contributed by atoms with van der Waals surface area (Å²) < 4.78 is 7.47. The normalized spacial score (nSPS) is 21.7. The predicted molar refractivity (Wildman–Crippen MR) is 121 cm³/mol. The van der Waals surface area contributed by atoms with E-state index in [2.05, 4.69) is 25.7 Å². The molecule has 1 aromatic heterocycles. The van der Waals surface area contributed by atoms with Gasteiger partial charge in [0.05, 0.1) is 0 Å². The summed E-state index contributed by atoms with van der Waals surface area (Å²) in [4.78, 5) is 7.55. The van der Waals surface area contributed by atoms with Crippen LogP contribution in [0.3, 0.4) is 0 Å². The molecule has 1 aromatic rings. The lowest BCUT2D eigenvalue weighted by molar-refractivity contribution is 0.115. The molecule has 0 aromatic carbocycles. The summed E-state index contributed by atoms with van der Waals surface area (Å²) in [5.41, 5.74) is 0. The van der Waals surface area contributed by atoms with Gasteiger partial charge in [0.2, 0.25) is 0 Å². The number of hydrogen-bond acceptors (Lipinski definition) is 5. The highest BCUT2D eigenvalue weighted by atomic mass is 16.5. The Morgan fingerprint density at radius 2 is 2.00 bits per heavy atom. The van der Waals surface area contributed by atoms with Crippen molar-refractivity contribution in [2.75, 3.05) is 32.8 Å². The summed E-state index contributed by atoms with van der Waals surface area (Å²) in [6.45, 7) is 9.28. The lowest BCUT2D eigenvalue weighted by atomic mass is 9.92. The molecule has 1 saturated heterocycles. The zero-order valence-electron chi connectivity index (χ0n) is 19.2. The molecule has 8 nitrogen and oxygen atoms in total. The van der Waals surface area contributed by atoms with Gasteiger partial charge >= 0.3 is 0 Å². The molecule has 170 valence electrons. The van der Waals surface area contributed by atoms with Crippen LogP contribution in [-0.4, -0.2) is 70.6 Å². The Balaban J connectivity index is 1.57. The van der Waals surface area contributed by atoms with Gasteiger partial charge in [0.25, 0.3) is 0 Å². The van der Waals surface area contributed by atoms with E-state index in [1.54, 1.807) is 0 Å². The van der Waals surface area contributed by atoms with Gasteiger partial charge in [-0.05, 0) is 52.5 Å². The third kappa shape index (κ3) is 6.94. The van der Waals surface area contributed by atoms with E-state index in [1.165, 1.54) is 51.5 Å². The molecule has 1 aliphatic heterocycles. The van der Waals surface area contributed by atoms with Gasteiger partial charge in [0.1, 0.15) is 12.4 Å². The van der Waals surface area contributed by atoms with Gasteiger partial charge in [0.15, 0.2) is 11.8 Å². The highest BCUT2D eigenvalue weighted by molar-refractivity contribution is 5.80. The standard InChI is InChI=1S/C22H41N7O/c1-4-30-15-9-13-23-22(24-16-21-27-26-18(2)28(21)3)25-19-10-8-14-29(17-19)20-11-6-5-7-12-20/h19-20H,4-17H2,1-3H3,(H2,23,24,25). The molecular formula is C22H41N7O. The highest BCUT2D eigenvalue weighted by Crippen LogP contribution is 2.25. The number of rotatable bonds is 9. The predicted octanol–water partition coefficient (Wildman–Crippen LogP) is 2.38. The van der Waals surface area contributed by atoms with Crippen LogP contribution in [0.15, 0.2) is 4.99 Å². The fourth-order valence-corrected chi connectivity index (χ4v) is 4.51. The number of likely N-dealkylation sites (tertiary alicyclic amines) is 1. The van der Waals surface area contributed by atoms with Crippen molar-refractivity contribution in [3.63, 3.8) is 0 Å². The molecule has 30 heavy (non-hydrogen) atoms. The first-order valence-electron chi connectivity index (χ1n) is 11.9. The van der Waals surface area contributed by atoms with Crippen LogP contribution in [0.5, 0.6) is 0 Å². The maximum atomic E-state index is 5.47. The Morgan fingerprint density at radius 3 is 2.73 bits per heavy atom. The Labute approximate surface area is 181 Å². The highest BCUT2D eigenvalue weighted by Gasteiger charge is 2.27. The summed E-state index contributed by atoms with van der Waals surface area (Å²) in [5.74, 6) is 2.67. The van der Waals surface area contributed by atoms with E-state index in [9.17, 15) is 0 Å². The Kier molecular flexibility index (Phi) is 9.39. The zero-order valence-corrected chi connectivity index (χ0v) is 19.2. The molecule has 2 aliphatic rings. The number of aliphatic imine (C=N–C) groups is 1. The van der Waals surface area contributed by atoms with Crippen LogP contribution >= 0.6 is 0 Å². The number of aryl methyl sites for hydroxylation is 1. The number of hydrogen-bond donors (Lipinski definition) is 2. The minimum absolute atomic E-state index is 0.444. The van der Waals surface area contributed by atoms with E-state index in [4.69, 9.17) is 9.73 Å². The van der Waals surface area contributed by atoms with Gasteiger partial charge < -0.3 is 19.9 Å². The molecule has 2 fully saturated rings. The van der Waals surface area contributed by atoms with E-state index in [-0.39, 0.29) is 0 Å². The Bertz CT molecular complexity index is 654. The second-order valence-corrected chi connectivity index (χ2v) is 8.63. The van der Waals surface area contributed by atoms with Crippen molar-refractivity contribution in [1.29, 1.82) is 0 Å². The first-order chi connectivity index (χ1) is 14.7. The van der Waals surface area contributed by atoms with E-state index in [1.807, 2.05) is 25.5 Å². The Morgan fingerprint density at radius 1 is 1.17 bits per heavy atom. The van der Waals surface area contributed by atoms with Crippen molar-refractivity contribution in [1.82, 2.24) is 30.3 Å². The third-order valence-corrected chi connectivity index (χ3v) is 6.41. The fourth-order valence-electron chi connectivity index (χ4n) is 4.51. The van der Waals surface area contributed by atoms with Crippen LogP contribution in [0, 0.1) is 6.92 Å². The average molecular weight is 420 g/mol. The molecule has 2 heterocycles. The van der Waals surface area contributed by atoms with Crippen LogP contribution in [-0.2, 0) is 18.3 Å². The maximum Gasteiger partial charge on any atom is 0.191 e. The van der Waals surface area contributed by atoms with E-state index >= 15 is 0 Å². The lowest BCUT2D eigenvalue weighted by Crippen LogP contribution is -2.53. The summed E-state index contributed by atoms with van der Waals surface area (Å²) in [6.07, 6.45) is 10.4. The Hall–Kier alpha value is -1.67. The molecule has 8 heteroatoms. The van der Waals surface area contributed by atoms with Crippen LogP contribution in [0.2, 0.25) is 0 Å². The average Bonchev–Trinajstić information content (AvgIpc) is 3.10. The van der Waals surface area contributed by atoms with Crippen LogP contribution < -0.4 is 10.6 Å². The molecule has 1 unspecified atom stereocenters. The second-order valence-electron chi connectivity index (χ2n) is 8.63. The topological polar surface area (TPSA) is 79.6 Å². The number of nitrogens with zero attached hydrogens (tertiary/aromatic N) is 5. The third-order valence-electron chi connectivity index (χ3n) is 6.41. The molecule has 0 amide bonds. The van der Waals surface area contributed by atoms with Crippen molar-refractivity contribution < 1.29 is 4.74 Å². The van der Waals surface area contributed by atoms with Crippen molar-refractivity contribution in [3.05, 3.63) is 11.6 Å². The number of piperidine rings is 1. The molecule has 0 radical (unpaired) electrons. The van der Waals surface area contributed by atoms with Crippen molar-refractivity contribution >= 4 is 5.96 Å². The van der Waals surface area contributed by atoms with Gasteiger partial charge in [-0.15, -0.1) is 10.2 Å². The first kappa shape index (κ1) is 23.0. The first-order valence-corrected chi connectivity index (χ1v) is 11.9. The molecule has 1 aliphatic carbocycles. The number of aromatic nitrogens is 3. The minimum Gasteiger partial charge on any atom is -0.382 e. The zero-order chi connectivity index (χ0) is 21.2. The van der Waals surface area contributed by atoms with Gasteiger partial charge in [-0.25, -0.2) is 4.99 Å². The SMILES string of the molecule is CCOCCCNC(=NCc1nnc(C)n1C)NC1CCCN(C2CCCCC2)C1. The van der Waals surface area contributed by atoms with Gasteiger partial charge in [-0.3, -0.25) is 4.90 Å². The van der Waals surface area contributed by atoms with Gasteiger partial charge in [-0.1, -0.05) is 19.3 Å².